The number of hydrogen-bond donors (Lipinski definition) is 3. The van der Waals surface area contributed by atoms with E-state index >= 15 is 0 Å². The lowest BCUT2D eigenvalue weighted by Crippen LogP contribution is -2.25. The molecule has 2 rings (SSSR count). The number of carbonyl (C=O) groups is 1. The summed E-state index contributed by atoms with van der Waals surface area (Å²) in [5, 5.41) is 30.1. The largest absolute Gasteiger partial charge is 0.494 e. The van der Waals surface area contributed by atoms with Gasteiger partial charge in [-0.05, 0) is 31.5 Å². The van der Waals surface area contributed by atoms with Crippen molar-refractivity contribution < 1.29 is 24.5 Å². The van der Waals surface area contributed by atoms with Gasteiger partial charge in [0.05, 0.1) is 17.7 Å². The SMILES string of the molecule is CCCCn1c(O)c(C(N)=O)c(C)c(N=Nc2cccc(SOOO)c2)c1=O. The summed E-state index contributed by atoms with van der Waals surface area (Å²) in [7, 11) is 0. The summed E-state index contributed by atoms with van der Waals surface area (Å²) in [4.78, 5) is 25.1. The van der Waals surface area contributed by atoms with Crippen molar-refractivity contribution in [1.29, 1.82) is 0 Å². The Kier molecular flexibility index (Phi) is 7.70. The predicted octanol–water partition coefficient (Wildman–Crippen LogP) is 3.61. The molecule has 1 amide bonds. The van der Waals surface area contributed by atoms with Crippen LogP contribution in [-0.4, -0.2) is 20.8 Å². The van der Waals surface area contributed by atoms with Crippen LogP contribution in [0.3, 0.4) is 0 Å². The molecule has 0 aliphatic carbocycles. The van der Waals surface area contributed by atoms with Crippen molar-refractivity contribution in [3.05, 3.63) is 45.7 Å². The fourth-order valence-corrected chi connectivity index (χ4v) is 2.91. The summed E-state index contributed by atoms with van der Waals surface area (Å²) in [6.45, 7) is 3.62. The van der Waals surface area contributed by atoms with E-state index in [0.29, 0.717) is 17.0 Å². The topological polar surface area (TPSA) is 149 Å². The Balaban J connectivity index is 2.50. The summed E-state index contributed by atoms with van der Waals surface area (Å²) in [6.07, 6.45) is 1.41. The van der Waals surface area contributed by atoms with Gasteiger partial charge in [0.1, 0.15) is 5.56 Å². The van der Waals surface area contributed by atoms with Gasteiger partial charge in [0.15, 0.2) is 5.69 Å². The minimum Gasteiger partial charge on any atom is -0.494 e. The average molecular weight is 408 g/mol. The number of primary amides is 1. The van der Waals surface area contributed by atoms with E-state index in [9.17, 15) is 14.7 Å². The summed E-state index contributed by atoms with van der Waals surface area (Å²) >= 11 is 0.748. The van der Waals surface area contributed by atoms with Gasteiger partial charge < -0.3 is 10.8 Å². The van der Waals surface area contributed by atoms with E-state index in [4.69, 9.17) is 11.0 Å². The van der Waals surface area contributed by atoms with Crippen molar-refractivity contribution >= 4 is 29.3 Å². The molecular formula is C17H20N4O6S. The van der Waals surface area contributed by atoms with Crippen LogP contribution in [0.15, 0.2) is 44.2 Å². The second-order valence-corrected chi connectivity index (χ2v) is 6.54. The molecule has 0 atom stereocenters. The first-order valence-corrected chi connectivity index (χ1v) is 9.07. The van der Waals surface area contributed by atoms with E-state index in [1.54, 1.807) is 24.3 Å². The van der Waals surface area contributed by atoms with Gasteiger partial charge in [-0.1, -0.05) is 24.4 Å². The van der Waals surface area contributed by atoms with Gasteiger partial charge in [-0.15, -0.1) is 9.45 Å². The van der Waals surface area contributed by atoms with Gasteiger partial charge in [0, 0.05) is 17.0 Å². The lowest BCUT2D eigenvalue weighted by Gasteiger charge is -2.14. The zero-order valence-electron chi connectivity index (χ0n) is 15.3. The molecule has 1 heterocycles. The third kappa shape index (κ3) is 4.95. The zero-order chi connectivity index (χ0) is 20.7. The molecule has 0 aliphatic heterocycles. The third-order valence-electron chi connectivity index (χ3n) is 3.88. The van der Waals surface area contributed by atoms with E-state index < -0.39 is 17.3 Å². The van der Waals surface area contributed by atoms with Crippen molar-refractivity contribution in [2.75, 3.05) is 0 Å². The molecule has 28 heavy (non-hydrogen) atoms. The molecule has 0 spiro atoms. The molecule has 0 radical (unpaired) electrons. The Morgan fingerprint density at radius 1 is 1.36 bits per heavy atom. The van der Waals surface area contributed by atoms with Crippen molar-refractivity contribution in [3.8, 4) is 5.88 Å². The molecule has 0 saturated heterocycles. The minimum absolute atomic E-state index is 0.0873. The van der Waals surface area contributed by atoms with Crippen molar-refractivity contribution in [2.45, 2.75) is 38.1 Å². The van der Waals surface area contributed by atoms with E-state index in [1.807, 2.05) is 6.92 Å². The number of nitrogens with zero attached hydrogens (tertiary/aromatic N) is 3. The number of carbonyl (C=O) groups excluding carboxylic acids is 1. The minimum atomic E-state index is -0.865. The molecule has 2 aromatic rings. The number of aromatic hydroxyl groups is 1. The highest BCUT2D eigenvalue weighted by Crippen LogP contribution is 2.29. The summed E-state index contributed by atoms with van der Waals surface area (Å²) in [6, 6.07) is 6.55. The highest BCUT2D eigenvalue weighted by molar-refractivity contribution is 7.94. The van der Waals surface area contributed by atoms with E-state index in [-0.39, 0.29) is 23.4 Å². The second-order valence-electron chi connectivity index (χ2n) is 5.77. The van der Waals surface area contributed by atoms with Crippen LogP contribution in [0, 0.1) is 6.92 Å². The van der Waals surface area contributed by atoms with Crippen molar-refractivity contribution in [1.82, 2.24) is 4.57 Å². The lowest BCUT2D eigenvalue weighted by molar-refractivity contribution is -0.432. The van der Waals surface area contributed by atoms with Crippen molar-refractivity contribution in [2.24, 2.45) is 16.0 Å². The van der Waals surface area contributed by atoms with Crippen molar-refractivity contribution in [3.63, 3.8) is 0 Å². The smallest absolute Gasteiger partial charge is 0.281 e. The predicted molar refractivity (Wildman–Crippen MR) is 102 cm³/mol. The molecule has 11 heteroatoms. The van der Waals surface area contributed by atoms with Crippen LogP contribution in [0.1, 0.15) is 35.7 Å². The van der Waals surface area contributed by atoms with Gasteiger partial charge in [-0.25, -0.2) is 5.26 Å². The number of pyridine rings is 1. The lowest BCUT2D eigenvalue weighted by atomic mass is 10.1. The highest BCUT2D eigenvalue weighted by atomic mass is 32.2. The summed E-state index contributed by atoms with van der Waals surface area (Å²) < 4.78 is 5.42. The van der Waals surface area contributed by atoms with Crippen LogP contribution in [0.25, 0.3) is 0 Å². The molecule has 1 aromatic heterocycles. The molecule has 150 valence electrons. The number of amides is 1. The van der Waals surface area contributed by atoms with Crippen LogP contribution < -0.4 is 11.3 Å². The number of benzene rings is 1. The Hall–Kier alpha value is -2.73. The Bertz CT molecular complexity index is 944. The van der Waals surface area contributed by atoms with Gasteiger partial charge >= 0.3 is 0 Å². The standard InChI is InChI=1S/C17H20N4O6S/c1-3-4-8-21-16(23)13(15(18)22)10(2)14(17(21)24)20-19-11-6-5-7-12(9-11)28-27-26-25/h5-7,9,23,25H,3-4,8H2,1-2H3,(H2,18,22). The number of hydrogen-bond acceptors (Lipinski definition) is 9. The first kappa shape index (κ1) is 21.6. The molecule has 0 saturated carbocycles. The normalized spacial score (nSPS) is 11.2. The molecule has 0 unspecified atom stereocenters. The average Bonchev–Trinajstić information content (AvgIpc) is 2.66. The molecule has 10 nitrogen and oxygen atoms in total. The van der Waals surface area contributed by atoms with Gasteiger partial charge in [0.2, 0.25) is 5.88 Å². The maximum atomic E-state index is 12.7. The van der Waals surface area contributed by atoms with E-state index in [0.717, 1.165) is 23.0 Å². The zero-order valence-corrected chi connectivity index (χ0v) is 16.1. The molecule has 0 bridgehead atoms. The fraction of sp³-hybridized carbons (Fsp3) is 0.294. The number of azo groups is 1. The molecule has 0 aliphatic rings. The van der Waals surface area contributed by atoms with Crippen LogP contribution in [0.5, 0.6) is 5.88 Å². The Labute approximate surface area is 164 Å². The maximum Gasteiger partial charge on any atom is 0.281 e. The third-order valence-corrected chi connectivity index (χ3v) is 4.46. The fourth-order valence-electron chi connectivity index (χ4n) is 2.50. The summed E-state index contributed by atoms with van der Waals surface area (Å²) in [5.74, 6) is -1.34. The van der Waals surface area contributed by atoms with Crippen LogP contribution >= 0.6 is 12.0 Å². The quantitative estimate of drug-likeness (QED) is 0.248. The first-order chi connectivity index (χ1) is 13.4. The monoisotopic (exact) mass is 408 g/mol. The van der Waals surface area contributed by atoms with Crippen LogP contribution in [0.4, 0.5) is 11.4 Å². The van der Waals surface area contributed by atoms with Gasteiger partial charge in [-0.2, -0.15) is 5.11 Å². The van der Waals surface area contributed by atoms with E-state index in [1.165, 1.54) is 6.92 Å². The number of rotatable bonds is 9. The highest BCUT2D eigenvalue weighted by Gasteiger charge is 2.22. The molecule has 0 fully saturated rings. The summed E-state index contributed by atoms with van der Waals surface area (Å²) in [5.41, 5.74) is 5.08. The first-order valence-electron chi connectivity index (χ1n) is 8.33. The Morgan fingerprint density at radius 2 is 2.11 bits per heavy atom. The van der Waals surface area contributed by atoms with E-state index in [2.05, 4.69) is 19.6 Å². The van der Waals surface area contributed by atoms with Gasteiger partial charge in [0.25, 0.3) is 11.5 Å². The Morgan fingerprint density at radius 3 is 2.75 bits per heavy atom. The number of unbranched alkanes of at least 4 members (excludes halogenated alkanes) is 1. The number of aromatic nitrogens is 1. The molecule has 1 aromatic carbocycles. The maximum absolute atomic E-state index is 12.7. The molecular weight excluding hydrogens is 388 g/mol. The van der Waals surface area contributed by atoms with Gasteiger partial charge in [-0.3, -0.25) is 14.2 Å². The van der Waals surface area contributed by atoms with Crippen LogP contribution in [-0.2, 0) is 15.9 Å². The van der Waals surface area contributed by atoms with Crippen LogP contribution in [0.2, 0.25) is 0 Å². The molecule has 4 N–H and O–H groups in total. The number of nitrogens with two attached hydrogens (primary N) is 1. The second kappa shape index (κ2) is 9.99.